The van der Waals surface area contributed by atoms with E-state index in [4.69, 9.17) is 15.2 Å². The van der Waals surface area contributed by atoms with Crippen LogP contribution in [0.4, 0.5) is 5.82 Å². The van der Waals surface area contributed by atoms with E-state index in [2.05, 4.69) is 5.10 Å². The maximum atomic E-state index is 5.98. The van der Waals surface area contributed by atoms with E-state index in [1.807, 2.05) is 28.9 Å². The first-order valence-electron chi connectivity index (χ1n) is 6.32. The van der Waals surface area contributed by atoms with Gasteiger partial charge in [-0.25, -0.2) is 4.68 Å². The van der Waals surface area contributed by atoms with Gasteiger partial charge in [-0.1, -0.05) is 18.2 Å². The van der Waals surface area contributed by atoms with E-state index in [9.17, 15) is 0 Å². The molecule has 0 bridgehead atoms. The van der Waals surface area contributed by atoms with Gasteiger partial charge in [0.05, 0.1) is 31.2 Å². The van der Waals surface area contributed by atoms with Crippen LogP contribution in [0.5, 0.6) is 0 Å². The van der Waals surface area contributed by atoms with E-state index in [1.165, 1.54) is 0 Å². The van der Waals surface area contributed by atoms with E-state index in [0.717, 1.165) is 28.9 Å². The van der Waals surface area contributed by atoms with Gasteiger partial charge in [0.15, 0.2) is 5.82 Å². The lowest BCUT2D eigenvalue weighted by atomic mass is 10.1. The number of aromatic nitrogens is 2. The maximum Gasteiger partial charge on any atom is 0.151 e. The largest absolute Gasteiger partial charge is 0.382 e. The Labute approximate surface area is 111 Å². The van der Waals surface area contributed by atoms with Crippen LogP contribution in [-0.4, -0.2) is 23.5 Å². The number of nitrogens with two attached hydrogens (primary N) is 1. The van der Waals surface area contributed by atoms with Crippen molar-refractivity contribution in [1.29, 1.82) is 0 Å². The number of ether oxygens (including phenoxy) is 2. The number of hydrogen-bond donors (Lipinski definition) is 1. The molecule has 1 aliphatic heterocycles. The molecule has 1 aromatic heterocycles. The first-order chi connectivity index (χ1) is 9.31. The second-order valence-corrected chi connectivity index (χ2v) is 4.59. The Morgan fingerprint density at radius 3 is 3.11 bits per heavy atom. The van der Waals surface area contributed by atoms with Crippen molar-refractivity contribution in [3.05, 3.63) is 41.1 Å². The average molecular weight is 259 g/mol. The fourth-order valence-electron chi connectivity index (χ4n) is 2.46. The van der Waals surface area contributed by atoms with Crippen LogP contribution < -0.4 is 5.73 Å². The van der Waals surface area contributed by atoms with Gasteiger partial charge < -0.3 is 15.2 Å². The molecule has 3 rings (SSSR count). The molecule has 1 aliphatic rings. The van der Waals surface area contributed by atoms with Crippen LogP contribution >= 0.6 is 0 Å². The Morgan fingerprint density at radius 2 is 2.26 bits per heavy atom. The van der Waals surface area contributed by atoms with E-state index in [1.54, 1.807) is 7.11 Å². The van der Waals surface area contributed by atoms with E-state index in [0.29, 0.717) is 25.6 Å². The predicted molar refractivity (Wildman–Crippen MR) is 72.0 cm³/mol. The molecule has 0 aliphatic carbocycles. The second-order valence-electron chi connectivity index (χ2n) is 4.59. The summed E-state index contributed by atoms with van der Waals surface area (Å²) < 4.78 is 12.6. The van der Waals surface area contributed by atoms with Gasteiger partial charge in [0.25, 0.3) is 0 Å². The molecule has 2 aromatic rings. The number of hydrogen-bond acceptors (Lipinski definition) is 4. The van der Waals surface area contributed by atoms with Crippen molar-refractivity contribution in [2.75, 3.05) is 19.5 Å². The Hall–Kier alpha value is -1.85. The van der Waals surface area contributed by atoms with E-state index >= 15 is 0 Å². The summed E-state index contributed by atoms with van der Waals surface area (Å²) in [6.45, 7) is 1.82. The Bertz CT molecular complexity index is 592. The monoisotopic (exact) mass is 259 g/mol. The lowest BCUT2D eigenvalue weighted by Gasteiger charge is -2.16. The number of benzene rings is 1. The van der Waals surface area contributed by atoms with Gasteiger partial charge in [0, 0.05) is 24.7 Å². The zero-order valence-corrected chi connectivity index (χ0v) is 10.9. The van der Waals surface area contributed by atoms with Crippen LogP contribution in [0.1, 0.15) is 16.8 Å². The van der Waals surface area contributed by atoms with Crippen molar-refractivity contribution in [2.24, 2.45) is 0 Å². The van der Waals surface area contributed by atoms with Crippen molar-refractivity contribution in [3.8, 4) is 5.69 Å². The van der Waals surface area contributed by atoms with Crippen molar-refractivity contribution in [3.63, 3.8) is 0 Å². The summed E-state index contributed by atoms with van der Waals surface area (Å²) in [4.78, 5) is 0. The van der Waals surface area contributed by atoms with Crippen LogP contribution in [0.2, 0.25) is 0 Å². The summed E-state index contributed by atoms with van der Waals surface area (Å²) in [5.74, 6) is 0.557. The fourth-order valence-corrected chi connectivity index (χ4v) is 2.46. The number of fused-ring (bicyclic) bond motifs is 1. The highest BCUT2D eigenvalue weighted by atomic mass is 16.5. The predicted octanol–water partition coefficient (Wildman–Crippen LogP) is 1.67. The third-order valence-electron chi connectivity index (χ3n) is 3.37. The van der Waals surface area contributed by atoms with Crippen LogP contribution in [0.15, 0.2) is 24.3 Å². The van der Waals surface area contributed by atoms with Crippen LogP contribution in [0.25, 0.3) is 5.69 Å². The zero-order valence-electron chi connectivity index (χ0n) is 10.9. The molecule has 0 spiro atoms. The molecule has 0 saturated heterocycles. The molecule has 0 radical (unpaired) electrons. The molecule has 100 valence electrons. The number of nitrogen functional groups attached to an aromatic ring is 1. The highest BCUT2D eigenvalue weighted by Crippen LogP contribution is 2.26. The second kappa shape index (κ2) is 5.03. The molecule has 0 saturated carbocycles. The van der Waals surface area contributed by atoms with Gasteiger partial charge in [-0.05, 0) is 6.07 Å². The SMILES string of the molecule is COCc1ccccc1-n1nc(N)c2c1CCOC2. The first-order valence-corrected chi connectivity index (χ1v) is 6.32. The normalized spacial score (nSPS) is 14.4. The van der Waals surface area contributed by atoms with Crippen molar-refractivity contribution in [2.45, 2.75) is 19.6 Å². The zero-order chi connectivity index (χ0) is 13.2. The molecule has 2 N–H and O–H groups in total. The van der Waals surface area contributed by atoms with Crippen LogP contribution in [0, 0.1) is 0 Å². The summed E-state index contributed by atoms with van der Waals surface area (Å²) in [5.41, 5.74) is 10.3. The van der Waals surface area contributed by atoms with Crippen molar-refractivity contribution < 1.29 is 9.47 Å². The van der Waals surface area contributed by atoms with Gasteiger partial charge in [0.2, 0.25) is 0 Å². The average Bonchev–Trinajstić information content (AvgIpc) is 2.78. The quantitative estimate of drug-likeness (QED) is 0.910. The number of para-hydroxylation sites is 1. The molecule has 1 aromatic carbocycles. The van der Waals surface area contributed by atoms with E-state index < -0.39 is 0 Å². The molecule has 2 heterocycles. The third kappa shape index (κ3) is 2.11. The van der Waals surface area contributed by atoms with Gasteiger partial charge in [0.1, 0.15) is 0 Å². The summed E-state index contributed by atoms with van der Waals surface area (Å²) in [6.07, 6.45) is 0.834. The minimum absolute atomic E-state index is 0.549. The smallest absolute Gasteiger partial charge is 0.151 e. The highest BCUT2D eigenvalue weighted by molar-refractivity contribution is 5.50. The summed E-state index contributed by atoms with van der Waals surface area (Å²) >= 11 is 0. The van der Waals surface area contributed by atoms with Gasteiger partial charge >= 0.3 is 0 Å². The van der Waals surface area contributed by atoms with Crippen molar-refractivity contribution in [1.82, 2.24) is 9.78 Å². The molecule has 5 nitrogen and oxygen atoms in total. The number of rotatable bonds is 3. The molecular weight excluding hydrogens is 242 g/mol. The summed E-state index contributed by atoms with van der Waals surface area (Å²) in [6, 6.07) is 8.08. The lowest BCUT2D eigenvalue weighted by molar-refractivity contribution is 0.110. The number of methoxy groups -OCH3 is 1. The third-order valence-corrected chi connectivity index (χ3v) is 3.37. The molecule has 19 heavy (non-hydrogen) atoms. The Balaban J connectivity index is 2.12. The fraction of sp³-hybridized carbons (Fsp3) is 0.357. The summed E-state index contributed by atoms with van der Waals surface area (Å²) in [5, 5.41) is 4.46. The minimum atomic E-state index is 0.549. The van der Waals surface area contributed by atoms with Crippen molar-refractivity contribution >= 4 is 5.82 Å². The van der Waals surface area contributed by atoms with E-state index in [-0.39, 0.29) is 0 Å². The molecule has 0 amide bonds. The Morgan fingerprint density at radius 1 is 1.42 bits per heavy atom. The van der Waals surface area contributed by atoms with Gasteiger partial charge in [-0.3, -0.25) is 0 Å². The summed E-state index contributed by atoms with van der Waals surface area (Å²) in [7, 11) is 1.69. The van der Waals surface area contributed by atoms with Crippen LogP contribution in [-0.2, 0) is 29.1 Å². The standard InChI is InChI=1S/C14H17N3O2/c1-18-8-10-4-2-3-5-12(10)17-13-6-7-19-9-11(13)14(15)16-17/h2-5H,6-9H2,1H3,(H2,15,16). The van der Waals surface area contributed by atoms with Gasteiger partial charge in [-0.15, -0.1) is 0 Å². The first kappa shape index (κ1) is 12.2. The number of anilines is 1. The minimum Gasteiger partial charge on any atom is -0.382 e. The number of nitrogens with zero attached hydrogens (tertiary/aromatic N) is 2. The lowest BCUT2D eigenvalue weighted by Crippen LogP contribution is -2.14. The molecule has 0 unspecified atom stereocenters. The van der Waals surface area contributed by atoms with Crippen LogP contribution in [0.3, 0.4) is 0 Å². The Kier molecular flexibility index (Phi) is 3.23. The van der Waals surface area contributed by atoms with Gasteiger partial charge in [-0.2, -0.15) is 5.10 Å². The maximum absolute atomic E-state index is 5.98. The molecule has 0 fully saturated rings. The highest BCUT2D eigenvalue weighted by Gasteiger charge is 2.21. The topological polar surface area (TPSA) is 62.3 Å². The molecular formula is C14H17N3O2. The molecule has 0 atom stereocenters. The molecule has 5 heteroatoms.